The molecule has 0 radical (unpaired) electrons. The summed E-state index contributed by atoms with van der Waals surface area (Å²) in [7, 11) is 0. The van der Waals surface area contributed by atoms with Crippen molar-refractivity contribution in [3.8, 4) is 0 Å². The van der Waals surface area contributed by atoms with Crippen LogP contribution in [0.15, 0.2) is 0 Å². The Morgan fingerprint density at radius 3 is 1.00 bits per heavy atom. The fourth-order valence-electron chi connectivity index (χ4n) is 0.0119. The molecule has 0 fully saturated rings. The molecule has 0 aromatic rings. The molecule has 3 nitrogen and oxygen atoms in total. The summed E-state index contributed by atoms with van der Waals surface area (Å²) in [5.41, 5.74) is 0. The molecule has 0 aromatic carbocycles. The van der Waals surface area contributed by atoms with Crippen LogP contribution in [0.1, 0.15) is 0 Å². The molecule has 0 aliphatic heterocycles. The van der Waals surface area contributed by atoms with Gasteiger partial charge in [-0.15, -0.1) is 0 Å². The first-order valence-corrected chi connectivity index (χ1v) is 9.52. The third kappa shape index (κ3) is 3.34. The summed E-state index contributed by atoms with van der Waals surface area (Å²) in [6, 6.07) is 0. The molecule has 71 valence electrons. The zero-order chi connectivity index (χ0) is 9.77. The van der Waals surface area contributed by atoms with Gasteiger partial charge in [0.2, 0.25) is 0 Å². The van der Waals surface area contributed by atoms with Gasteiger partial charge in [0.05, 0.1) is 0 Å². The van der Waals surface area contributed by atoms with E-state index in [1.54, 1.807) is 0 Å². The molecule has 0 heterocycles. The predicted octanol–water partition coefficient (Wildman–Crippen LogP) is 2.68. The predicted molar refractivity (Wildman–Crippen MR) is 10.6 cm³/mol. The molecule has 0 saturated heterocycles. The first-order chi connectivity index (χ1) is 4.04. The third-order valence-corrected chi connectivity index (χ3v) is 2.47. The number of halogens is 7. The second-order valence-electron chi connectivity index (χ2n) is 2.28. The van der Waals surface area contributed by atoms with Crippen molar-refractivity contribution in [3.63, 3.8) is 0 Å². The normalized spacial score (nSPS) is 27.5. The molecule has 0 rings (SSSR count). The van der Waals surface area contributed by atoms with E-state index >= 15 is 0 Å². The first-order valence-electron chi connectivity index (χ1n) is 1.87. The van der Waals surface area contributed by atoms with Crippen molar-refractivity contribution < 1.29 is 49.3 Å². The summed E-state index contributed by atoms with van der Waals surface area (Å²) >= 11 is -14.6. The SMILES string of the molecule is [O]=[Zr]([F])([F])([F])([F])([F])([O]F)[O]F. The average molecular weight is 272 g/mol. The topological polar surface area (TPSA) is 35.5 Å². The second kappa shape index (κ2) is 0.926. The monoisotopic (exact) mass is 271 g/mol. The van der Waals surface area contributed by atoms with Crippen molar-refractivity contribution in [2.75, 3.05) is 0 Å². The van der Waals surface area contributed by atoms with Gasteiger partial charge in [0.25, 0.3) is 0 Å². The molecule has 0 aliphatic rings. The summed E-state index contributed by atoms with van der Waals surface area (Å²) in [6.45, 7) is 0. The minimum atomic E-state index is -14.6. The van der Waals surface area contributed by atoms with Crippen LogP contribution in [0.2, 0.25) is 0 Å². The Labute approximate surface area is 49.9 Å². The Balaban J connectivity index is 6.25. The quantitative estimate of drug-likeness (QED) is 0.725. The van der Waals surface area contributed by atoms with E-state index in [9.17, 15) is 22.2 Å². The number of hydrogen-bond donors (Lipinski definition) is 0. The van der Waals surface area contributed by atoms with Gasteiger partial charge in [-0.2, -0.15) is 0 Å². The van der Waals surface area contributed by atoms with E-state index in [1.807, 2.05) is 0 Å². The van der Waals surface area contributed by atoms with Crippen LogP contribution >= 0.6 is 0 Å². The molecular formula is F7O3Zr. The Morgan fingerprint density at radius 1 is 0.818 bits per heavy atom. The molecular weight excluding hydrogens is 272 g/mol. The van der Waals surface area contributed by atoms with Gasteiger partial charge in [0, 0.05) is 0 Å². The Morgan fingerprint density at radius 2 is 1.00 bits per heavy atom. The zero-order valence-corrected chi connectivity index (χ0v) is 6.83. The molecule has 11 heteroatoms. The Bertz CT molecular complexity index is 303. The fourth-order valence-corrected chi connectivity index (χ4v) is 0.0704. The molecule has 11 heavy (non-hydrogen) atoms. The zero-order valence-electron chi connectivity index (χ0n) is 4.37. The standard InChI is InChI=1S/2FO.5FH.O.Zr/c2*1-2;;;;;;;/h;;5*1H;;/q2*-1;;;;;;;+7/p-5. The van der Waals surface area contributed by atoms with E-state index in [0.29, 0.717) is 0 Å². The van der Waals surface area contributed by atoms with Crippen molar-refractivity contribution in [3.05, 3.63) is 0 Å². The van der Waals surface area contributed by atoms with Crippen LogP contribution in [0.4, 0.5) is 22.2 Å². The van der Waals surface area contributed by atoms with Gasteiger partial charge in [-0.1, -0.05) is 0 Å². The van der Waals surface area contributed by atoms with Crippen molar-refractivity contribution in [2.24, 2.45) is 0 Å². The van der Waals surface area contributed by atoms with E-state index in [2.05, 4.69) is 0 Å². The van der Waals surface area contributed by atoms with Crippen molar-refractivity contribution in [2.45, 2.75) is 0 Å². The Kier molecular flexibility index (Phi) is 0.936. The van der Waals surface area contributed by atoms with Gasteiger partial charge >= 0.3 is 49.3 Å². The molecule has 0 aliphatic carbocycles. The number of rotatable bonds is 2. The molecule has 0 amide bonds. The summed E-state index contributed by atoms with van der Waals surface area (Å²) in [5, 5.41) is 0. The minimum absolute atomic E-state index is 0.0286. The fraction of sp³-hybridized carbons (Fsp3) is 0. The maximum absolute atomic E-state index is 14.6. The summed E-state index contributed by atoms with van der Waals surface area (Å²) in [5.74, 6) is 0. The first kappa shape index (κ1) is 11.1. The van der Waals surface area contributed by atoms with Crippen molar-refractivity contribution in [1.29, 1.82) is 0 Å². The van der Waals surface area contributed by atoms with Crippen LogP contribution in [-0.4, -0.2) is 0 Å². The average Bonchev–Trinajstić information content (AvgIpc) is 1.65. The van der Waals surface area contributed by atoms with Gasteiger partial charge < -0.3 is 0 Å². The summed E-state index contributed by atoms with van der Waals surface area (Å²) < 4.78 is 84.8. The van der Waals surface area contributed by atoms with Gasteiger partial charge in [-0.25, -0.2) is 0 Å². The third-order valence-electron chi connectivity index (χ3n) is 0.418. The van der Waals surface area contributed by atoms with E-state index in [1.165, 1.54) is 0 Å². The van der Waals surface area contributed by atoms with Crippen LogP contribution < -0.4 is 0 Å². The molecule has 0 bridgehead atoms. The van der Waals surface area contributed by atoms with E-state index in [0.717, 1.165) is 0 Å². The summed E-state index contributed by atoms with van der Waals surface area (Å²) in [6.07, 6.45) is 0. The molecule has 0 N–H and O–H groups in total. The maximum atomic E-state index is 11.1. The summed E-state index contributed by atoms with van der Waals surface area (Å²) in [4.78, 5) is 0. The van der Waals surface area contributed by atoms with Crippen LogP contribution in [0.5, 0.6) is 0 Å². The van der Waals surface area contributed by atoms with Crippen molar-refractivity contribution in [1.82, 2.24) is 0 Å². The van der Waals surface area contributed by atoms with Crippen LogP contribution in [0, 0.1) is 0 Å². The van der Waals surface area contributed by atoms with Crippen LogP contribution in [-0.2, 0) is 27.1 Å². The van der Waals surface area contributed by atoms with Gasteiger partial charge in [0.1, 0.15) is 0 Å². The van der Waals surface area contributed by atoms with Crippen molar-refractivity contribution >= 4 is 0 Å². The van der Waals surface area contributed by atoms with Gasteiger partial charge in [0.15, 0.2) is 0 Å². The van der Waals surface area contributed by atoms with Crippen LogP contribution in [0.3, 0.4) is 0 Å². The van der Waals surface area contributed by atoms with E-state index in [4.69, 9.17) is 2.81 Å². The van der Waals surface area contributed by atoms with Gasteiger partial charge in [-0.05, 0) is 0 Å². The van der Waals surface area contributed by atoms with E-state index < -0.39 is 18.3 Å². The van der Waals surface area contributed by atoms with E-state index in [-0.39, 0.29) is 6.04 Å². The molecule has 0 unspecified atom stereocenters. The Hall–Kier alpha value is 0.113. The second-order valence-corrected chi connectivity index (χ2v) is 13.5. The molecule has 0 aromatic heterocycles. The molecule has 0 spiro atoms. The molecule has 0 saturated carbocycles. The van der Waals surface area contributed by atoms with Crippen LogP contribution in [0.25, 0.3) is 0 Å². The molecule has 0 atom stereocenters. The van der Waals surface area contributed by atoms with Gasteiger partial charge in [-0.3, -0.25) is 0 Å². The number of hydrogen-bond acceptors (Lipinski definition) is 3.